The molecule has 1 nitrogen and oxygen atoms in total. The van der Waals surface area contributed by atoms with E-state index in [2.05, 4.69) is 111 Å². The molecule has 3 aromatic carbocycles. The average Bonchev–Trinajstić information content (AvgIpc) is 3.09. The molecule has 0 aliphatic carbocycles. The molecule has 128 valence electrons. The highest BCUT2D eigenvalue weighted by Gasteiger charge is 2.12. The quantitative estimate of drug-likeness (QED) is 0.390. The normalized spacial score (nSPS) is 10.9. The van der Waals surface area contributed by atoms with Crippen LogP contribution in [0.4, 0.5) is 0 Å². The summed E-state index contributed by atoms with van der Waals surface area (Å²) < 4.78 is 2.23. The second kappa shape index (κ2) is 6.68. The van der Waals surface area contributed by atoms with Gasteiger partial charge in [0.15, 0.2) is 0 Å². The number of benzene rings is 3. The van der Waals surface area contributed by atoms with Crippen molar-refractivity contribution in [1.82, 2.24) is 4.57 Å². The van der Waals surface area contributed by atoms with Gasteiger partial charge in [-0.2, -0.15) is 0 Å². The van der Waals surface area contributed by atoms with Crippen LogP contribution in [0.2, 0.25) is 0 Å². The van der Waals surface area contributed by atoms with Gasteiger partial charge in [0.25, 0.3) is 0 Å². The minimum absolute atomic E-state index is 1.18. The molecule has 4 aromatic rings. The second-order valence-electron chi connectivity index (χ2n) is 7.06. The lowest BCUT2D eigenvalue weighted by Crippen LogP contribution is -1.89. The van der Waals surface area contributed by atoms with Crippen LogP contribution in [0.5, 0.6) is 0 Å². The molecule has 0 bridgehead atoms. The fourth-order valence-corrected chi connectivity index (χ4v) is 3.25. The van der Waals surface area contributed by atoms with Crippen molar-refractivity contribution < 1.29 is 0 Å². The molecule has 1 aromatic heterocycles. The van der Waals surface area contributed by atoms with E-state index < -0.39 is 0 Å². The molecule has 1 heterocycles. The molecular weight excluding hydrogens is 314 g/mol. The molecule has 0 aliphatic rings. The van der Waals surface area contributed by atoms with Gasteiger partial charge < -0.3 is 4.57 Å². The van der Waals surface area contributed by atoms with Crippen LogP contribution in [0.3, 0.4) is 0 Å². The van der Waals surface area contributed by atoms with E-state index in [1.807, 2.05) is 0 Å². The van der Waals surface area contributed by atoms with Crippen LogP contribution in [0.15, 0.2) is 85.2 Å². The molecule has 0 fully saturated rings. The van der Waals surface area contributed by atoms with Gasteiger partial charge in [-0.15, -0.1) is 0 Å². The number of hydrogen-bond acceptors (Lipinski definition) is 0. The molecule has 0 N–H and O–H groups in total. The maximum atomic E-state index is 2.24. The van der Waals surface area contributed by atoms with Gasteiger partial charge >= 0.3 is 0 Å². The number of aromatic nitrogens is 1. The molecule has 1 heteroatoms. The van der Waals surface area contributed by atoms with E-state index in [0.717, 1.165) is 0 Å². The van der Waals surface area contributed by atoms with Gasteiger partial charge in [0.2, 0.25) is 0 Å². The van der Waals surface area contributed by atoms with E-state index in [9.17, 15) is 0 Å². The van der Waals surface area contributed by atoms with E-state index in [1.165, 1.54) is 44.6 Å². The lowest BCUT2D eigenvalue weighted by atomic mass is 9.98. The third kappa shape index (κ3) is 3.21. The van der Waals surface area contributed by atoms with Gasteiger partial charge in [0.1, 0.15) is 0 Å². The molecule has 0 spiro atoms. The van der Waals surface area contributed by atoms with Crippen molar-refractivity contribution in [2.24, 2.45) is 0 Å². The SMILES string of the molecule is Cc1ccc(-c2cn(-c3ccc(C)cc3)cc2-c2ccc(C)cc2)cc1. The van der Waals surface area contributed by atoms with E-state index in [1.54, 1.807) is 0 Å². The first-order chi connectivity index (χ1) is 12.6. The predicted molar refractivity (Wildman–Crippen MR) is 111 cm³/mol. The standard InChI is InChI=1S/C25H23N/c1-18-4-10-21(11-5-18)24-16-26(23-14-8-20(3)9-15-23)17-25(24)22-12-6-19(2)7-13-22/h4-17H,1-3H3. The lowest BCUT2D eigenvalue weighted by Gasteiger charge is -2.05. The van der Waals surface area contributed by atoms with Crippen LogP contribution in [0.1, 0.15) is 16.7 Å². The molecule has 0 amide bonds. The Morgan fingerprint density at radius 1 is 0.462 bits per heavy atom. The van der Waals surface area contributed by atoms with E-state index in [0.29, 0.717) is 0 Å². The highest BCUT2D eigenvalue weighted by molar-refractivity contribution is 5.84. The summed E-state index contributed by atoms with van der Waals surface area (Å²) in [6.07, 6.45) is 4.48. The van der Waals surface area contributed by atoms with Crippen LogP contribution in [-0.2, 0) is 0 Å². The van der Waals surface area contributed by atoms with E-state index >= 15 is 0 Å². The summed E-state index contributed by atoms with van der Waals surface area (Å²) in [4.78, 5) is 0. The summed E-state index contributed by atoms with van der Waals surface area (Å²) in [5.41, 5.74) is 10.0. The minimum Gasteiger partial charge on any atom is -0.323 e. The zero-order chi connectivity index (χ0) is 18.1. The van der Waals surface area contributed by atoms with Crippen molar-refractivity contribution in [1.29, 1.82) is 0 Å². The lowest BCUT2D eigenvalue weighted by molar-refractivity contribution is 1.08. The topological polar surface area (TPSA) is 4.93 Å². The van der Waals surface area contributed by atoms with E-state index in [4.69, 9.17) is 0 Å². The monoisotopic (exact) mass is 337 g/mol. The van der Waals surface area contributed by atoms with Crippen molar-refractivity contribution in [2.45, 2.75) is 20.8 Å². The number of nitrogens with zero attached hydrogens (tertiary/aromatic N) is 1. The first-order valence-electron chi connectivity index (χ1n) is 9.03. The minimum atomic E-state index is 1.18. The highest BCUT2D eigenvalue weighted by atomic mass is 14.9. The van der Waals surface area contributed by atoms with Gasteiger partial charge in [-0.05, 0) is 44.0 Å². The number of hydrogen-bond donors (Lipinski definition) is 0. The van der Waals surface area contributed by atoms with Crippen molar-refractivity contribution >= 4 is 0 Å². The molecule has 0 radical (unpaired) electrons. The Bertz CT molecular complexity index is 954. The van der Waals surface area contributed by atoms with Gasteiger partial charge in [-0.3, -0.25) is 0 Å². The van der Waals surface area contributed by atoms with Gasteiger partial charge in [-0.1, -0.05) is 77.4 Å². The van der Waals surface area contributed by atoms with Crippen molar-refractivity contribution in [3.8, 4) is 27.9 Å². The maximum absolute atomic E-state index is 2.24. The van der Waals surface area contributed by atoms with Crippen LogP contribution in [0, 0.1) is 20.8 Å². The summed E-state index contributed by atoms with van der Waals surface area (Å²) in [6.45, 7) is 6.37. The molecule has 4 rings (SSSR count). The maximum Gasteiger partial charge on any atom is 0.0450 e. The molecule has 26 heavy (non-hydrogen) atoms. The zero-order valence-corrected chi connectivity index (χ0v) is 15.5. The molecule has 0 atom stereocenters. The largest absolute Gasteiger partial charge is 0.323 e. The fraction of sp³-hybridized carbons (Fsp3) is 0.120. The first kappa shape index (κ1) is 16.4. The Morgan fingerprint density at radius 3 is 1.19 bits per heavy atom. The van der Waals surface area contributed by atoms with Gasteiger partial charge in [-0.25, -0.2) is 0 Å². The smallest absolute Gasteiger partial charge is 0.0450 e. The Morgan fingerprint density at radius 2 is 0.808 bits per heavy atom. The third-order valence-electron chi connectivity index (χ3n) is 4.88. The van der Waals surface area contributed by atoms with Crippen LogP contribution < -0.4 is 0 Å². The summed E-state index contributed by atoms with van der Waals surface area (Å²) in [5, 5.41) is 0. The van der Waals surface area contributed by atoms with Gasteiger partial charge in [0.05, 0.1) is 0 Å². The van der Waals surface area contributed by atoms with Crippen LogP contribution in [-0.4, -0.2) is 4.57 Å². The number of aryl methyl sites for hydroxylation is 3. The molecule has 0 saturated heterocycles. The highest BCUT2D eigenvalue weighted by Crippen LogP contribution is 2.34. The molecular formula is C25H23N. The fourth-order valence-electron chi connectivity index (χ4n) is 3.25. The Kier molecular flexibility index (Phi) is 4.22. The average molecular weight is 337 g/mol. The zero-order valence-electron chi connectivity index (χ0n) is 15.5. The first-order valence-corrected chi connectivity index (χ1v) is 9.03. The Balaban J connectivity index is 1.88. The molecule has 0 saturated carbocycles. The van der Waals surface area contributed by atoms with Crippen LogP contribution >= 0.6 is 0 Å². The summed E-state index contributed by atoms with van der Waals surface area (Å²) in [6, 6.07) is 26.2. The summed E-state index contributed by atoms with van der Waals surface area (Å²) in [5.74, 6) is 0. The second-order valence-corrected chi connectivity index (χ2v) is 7.06. The van der Waals surface area contributed by atoms with Crippen molar-refractivity contribution in [3.63, 3.8) is 0 Å². The summed E-state index contributed by atoms with van der Waals surface area (Å²) in [7, 11) is 0. The Hall–Kier alpha value is -3.06. The molecule has 0 aliphatic heterocycles. The predicted octanol–water partition coefficient (Wildman–Crippen LogP) is 6.74. The van der Waals surface area contributed by atoms with Crippen molar-refractivity contribution in [3.05, 3.63) is 102 Å². The third-order valence-corrected chi connectivity index (χ3v) is 4.88. The van der Waals surface area contributed by atoms with E-state index in [-0.39, 0.29) is 0 Å². The summed E-state index contributed by atoms with van der Waals surface area (Å²) >= 11 is 0. The van der Waals surface area contributed by atoms with Gasteiger partial charge in [0, 0.05) is 29.2 Å². The molecule has 0 unspecified atom stereocenters. The Labute approximate surface area is 155 Å². The van der Waals surface area contributed by atoms with Crippen LogP contribution in [0.25, 0.3) is 27.9 Å². The number of rotatable bonds is 3. The van der Waals surface area contributed by atoms with Crippen molar-refractivity contribution in [2.75, 3.05) is 0 Å².